The molecule has 0 unspecified atom stereocenters. The van der Waals surface area contributed by atoms with Crippen LogP contribution in [0.2, 0.25) is 0 Å². The van der Waals surface area contributed by atoms with Crippen molar-refractivity contribution < 1.29 is 14.2 Å². The molecule has 3 aromatic rings. The lowest BCUT2D eigenvalue weighted by Gasteiger charge is -2.27. The molecular formula is C22H23N5O3. The topological polar surface area (TPSA) is 95.3 Å². The normalized spacial score (nSPS) is 16.6. The van der Waals surface area contributed by atoms with E-state index in [1.807, 2.05) is 24.3 Å². The number of hydrogen-bond acceptors (Lipinski definition) is 5. The summed E-state index contributed by atoms with van der Waals surface area (Å²) in [5, 5.41) is 8.82. The Morgan fingerprint density at radius 2 is 2.03 bits per heavy atom. The third-order valence-electron chi connectivity index (χ3n) is 5.75. The second-order valence-corrected chi connectivity index (χ2v) is 8.20. The third-order valence-corrected chi connectivity index (χ3v) is 5.75. The molecule has 8 nitrogen and oxygen atoms in total. The first-order valence-corrected chi connectivity index (χ1v) is 10.2. The Balaban J connectivity index is 1.38. The molecular weight excluding hydrogens is 382 g/mol. The van der Waals surface area contributed by atoms with Crippen LogP contribution in [0.4, 0.5) is 0 Å². The maximum atomic E-state index is 13.0. The third kappa shape index (κ3) is 3.28. The van der Waals surface area contributed by atoms with E-state index in [1.165, 1.54) is 0 Å². The van der Waals surface area contributed by atoms with Gasteiger partial charge in [0.2, 0.25) is 0 Å². The molecule has 0 atom stereocenters. The molecule has 0 radical (unpaired) electrons. The summed E-state index contributed by atoms with van der Waals surface area (Å²) in [6, 6.07) is 7.94. The van der Waals surface area contributed by atoms with Crippen molar-refractivity contribution in [1.29, 1.82) is 0 Å². The maximum Gasteiger partial charge on any atom is 0.278 e. The first-order chi connectivity index (χ1) is 14.5. The van der Waals surface area contributed by atoms with Crippen LogP contribution in [-0.4, -0.2) is 64.1 Å². The minimum atomic E-state index is -0.122. The number of nitrogens with zero attached hydrogens (tertiary/aromatic N) is 4. The molecule has 1 saturated carbocycles. The number of aromatic amines is 1. The molecule has 2 aliphatic rings. The summed E-state index contributed by atoms with van der Waals surface area (Å²) in [6.07, 6.45) is 5.02. The van der Waals surface area contributed by atoms with Crippen molar-refractivity contribution >= 4 is 28.3 Å². The molecule has 5 rings (SSSR count). The fourth-order valence-electron chi connectivity index (χ4n) is 3.93. The van der Waals surface area contributed by atoms with Gasteiger partial charge in [0, 0.05) is 44.0 Å². The molecule has 0 spiro atoms. The SMILES string of the molecule is CN(C)C(=O)c1cc2ccc(C3=CCCN(C(=O)c4nonc4C4CC4)C3)cc2[nH]1. The van der Waals surface area contributed by atoms with Gasteiger partial charge in [0.25, 0.3) is 11.8 Å². The number of amides is 2. The van der Waals surface area contributed by atoms with E-state index in [0.29, 0.717) is 36.1 Å². The Hall–Kier alpha value is -3.42. The zero-order valence-electron chi connectivity index (χ0n) is 17.0. The highest BCUT2D eigenvalue weighted by Crippen LogP contribution is 2.40. The molecule has 30 heavy (non-hydrogen) atoms. The van der Waals surface area contributed by atoms with Gasteiger partial charge in [-0.3, -0.25) is 9.59 Å². The number of aromatic nitrogens is 3. The van der Waals surface area contributed by atoms with Gasteiger partial charge < -0.3 is 14.8 Å². The average molecular weight is 405 g/mol. The number of carbonyl (C=O) groups excluding carboxylic acids is 2. The van der Waals surface area contributed by atoms with Crippen molar-refractivity contribution in [1.82, 2.24) is 25.1 Å². The molecule has 1 N–H and O–H groups in total. The second kappa shape index (κ2) is 7.12. The van der Waals surface area contributed by atoms with Crippen LogP contribution in [-0.2, 0) is 0 Å². The lowest BCUT2D eigenvalue weighted by atomic mass is 9.99. The number of hydrogen-bond donors (Lipinski definition) is 1. The number of carbonyl (C=O) groups is 2. The van der Waals surface area contributed by atoms with E-state index in [4.69, 9.17) is 4.63 Å². The summed E-state index contributed by atoms with van der Waals surface area (Å²) in [5.41, 5.74) is 4.63. The molecule has 1 aromatic carbocycles. The maximum absolute atomic E-state index is 13.0. The molecule has 154 valence electrons. The van der Waals surface area contributed by atoms with Crippen molar-refractivity contribution in [3.63, 3.8) is 0 Å². The van der Waals surface area contributed by atoms with Crippen molar-refractivity contribution in [3.8, 4) is 0 Å². The molecule has 0 saturated heterocycles. The summed E-state index contributed by atoms with van der Waals surface area (Å²) in [4.78, 5) is 31.8. The zero-order valence-corrected chi connectivity index (χ0v) is 17.0. The van der Waals surface area contributed by atoms with E-state index >= 15 is 0 Å². The number of fused-ring (bicyclic) bond motifs is 1. The number of H-pyrrole nitrogens is 1. The van der Waals surface area contributed by atoms with E-state index in [9.17, 15) is 9.59 Å². The molecule has 1 aliphatic heterocycles. The van der Waals surface area contributed by atoms with Crippen LogP contribution < -0.4 is 0 Å². The molecule has 2 amide bonds. The van der Waals surface area contributed by atoms with Gasteiger partial charge >= 0.3 is 0 Å². The molecule has 1 fully saturated rings. The lowest BCUT2D eigenvalue weighted by molar-refractivity contribution is 0.0762. The average Bonchev–Trinajstić information content (AvgIpc) is 3.33. The predicted octanol–water partition coefficient (Wildman–Crippen LogP) is 3.06. The number of nitrogens with one attached hydrogen (secondary N) is 1. The Kier molecular flexibility index (Phi) is 4.42. The Labute approximate surface area is 173 Å². The summed E-state index contributed by atoms with van der Waals surface area (Å²) in [6.45, 7) is 1.15. The largest absolute Gasteiger partial charge is 0.351 e. The van der Waals surface area contributed by atoms with Gasteiger partial charge in [-0.15, -0.1) is 0 Å². The standard InChI is InChI=1S/C22H23N5O3/c1-26(2)21(28)18-11-15-8-7-14(10-17(15)23-18)16-4-3-9-27(12-16)22(29)20-19(13-5-6-13)24-30-25-20/h4,7-8,10-11,13,23H,3,5-6,9,12H2,1-2H3. The van der Waals surface area contributed by atoms with Gasteiger partial charge in [0.1, 0.15) is 11.4 Å². The summed E-state index contributed by atoms with van der Waals surface area (Å²) in [7, 11) is 3.47. The summed E-state index contributed by atoms with van der Waals surface area (Å²) >= 11 is 0. The fourth-order valence-corrected chi connectivity index (χ4v) is 3.93. The van der Waals surface area contributed by atoms with Crippen LogP contribution in [0.15, 0.2) is 35.0 Å². The number of rotatable bonds is 4. The molecule has 1 aliphatic carbocycles. The van der Waals surface area contributed by atoms with Crippen LogP contribution in [0.1, 0.15) is 57.4 Å². The van der Waals surface area contributed by atoms with Gasteiger partial charge in [-0.2, -0.15) is 0 Å². The first-order valence-electron chi connectivity index (χ1n) is 10.2. The Morgan fingerprint density at radius 1 is 1.20 bits per heavy atom. The highest BCUT2D eigenvalue weighted by atomic mass is 16.6. The van der Waals surface area contributed by atoms with Gasteiger partial charge in [-0.05, 0) is 47.7 Å². The summed E-state index contributed by atoms with van der Waals surface area (Å²) < 4.78 is 4.86. The molecule has 0 bridgehead atoms. The second-order valence-electron chi connectivity index (χ2n) is 8.20. The predicted molar refractivity (Wildman–Crippen MR) is 111 cm³/mol. The van der Waals surface area contributed by atoms with Gasteiger partial charge in [0.15, 0.2) is 5.69 Å². The monoisotopic (exact) mass is 405 g/mol. The molecule has 3 heterocycles. The Morgan fingerprint density at radius 3 is 2.80 bits per heavy atom. The van der Waals surface area contributed by atoms with Crippen molar-refractivity contribution in [2.45, 2.75) is 25.2 Å². The van der Waals surface area contributed by atoms with Crippen molar-refractivity contribution in [2.24, 2.45) is 0 Å². The van der Waals surface area contributed by atoms with E-state index in [0.717, 1.165) is 41.3 Å². The minimum absolute atomic E-state index is 0.0610. The van der Waals surface area contributed by atoms with Crippen LogP contribution in [0.3, 0.4) is 0 Å². The minimum Gasteiger partial charge on any atom is -0.351 e. The van der Waals surface area contributed by atoms with Crippen molar-refractivity contribution in [3.05, 3.63) is 53.0 Å². The summed E-state index contributed by atoms with van der Waals surface area (Å²) in [5.74, 6) is 0.127. The van der Waals surface area contributed by atoms with Gasteiger partial charge in [-0.1, -0.05) is 23.4 Å². The van der Waals surface area contributed by atoms with Crippen LogP contribution in [0.25, 0.3) is 16.5 Å². The number of benzene rings is 1. The van der Waals surface area contributed by atoms with Crippen LogP contribution >= 0.6 is 0 Å². The van der Waals surface area contributed by atoms with Gasteiger partial charge in [0.05, 0.1) is 0 Å². The van der Waals surface area contributed by atoms with Crippen LogP contribution in [0.5, 0.6) is 0 Å². The van der Waals surface area contributed by atoms with E-state index < -0.39 is 0 Å². The van der Waals surface area contributed by atoms with E-state index in [1.54, 1.807) is 23.9 Å². The smallest absolute Gasteiger partial charge is 0.278 e. The van der Waals surface area contributed by atoms with E-state index in [-0.39, 0.29) is 11.8 Å². The Bertz CT molecular complexity index is 1170. The fraction of sp³-hybridized carbons (Fsp3) is 0.364. The first kappa shape index (κ1) is 18.6. The zero-order chi connectivity index (χ0) is 20.8. The highest BCUT2D eigenvalue weighted by molar-refractivity contribution is 5.99. The lowest BCUT2D eigenvalue weighted by Crippen LogP contribution is -2.36. The van der Waals surface area contributed by atoms with E-state index in [2.05, 4.69) is 21.4 Å². The highest BCUT2D eigenvalue weighted by Gasteiger charge is 2.35. The quantitative estimate of drug-likeness (QED) is 0.720. The van der Waals surface area contributed by atoms with Crippen LogP contribution in [0, 0.1) is 0 Å². The van der Waals surface area contributed by atoms with Gasteiger partial charge in [-0.25, -0.2) is 4.63 Å². The molecule has 8 heteroatoms. The molecule has 2 aromatic heterocycles. The van der Waals surface area contributed by atoms with Crippen molar-refractivity contribution in [2.75, 3.05) is 27.2 Å².